The molecule has 2 aromatic carbocycles. The predicted octanol–water partition coefficient (Wildman–Crippen LogP) is 5.79. The van der Waals surface area contributed by atoms with Gasteiger partial charge in [0, 0.05) is 61.2 Å². The highest BCUT2D eigenvalue weighted by atomic mass is 32.2. The number of benzene rings is 2. The van der Waals surface area contributed by atoms with Crippen molar-refractivity contribution in [1.82, 2.24) is 20.2 Å². The molecule has 3 atom stereocenters. The van der Waals surface area contributed by atoms with Gasteiger partial charge in [-0.1, -0.05) is 18.2 Å². The van der Waals surface area contributed by atoms with Crippen molar-refractivity contribution in [1.29, 1.82) is 5.26 Å². The van der Waals surface area contributed by atoms with Crippen molar-refractivity contribution in [3.63, 3.8) is 0 Å². The molecular formula is C35H42F4N6OS. The Morgan fingerprint density at radius 3 is 2.51 bits per heavy atom. The second-order valence-electron chi connectivity index (χ2n) is 13.0. The summed E-state index contributed by atoms with van der Waals surface area (Å²) >= 11 is 1.20. The Bertz CT molecular complexity index is 1480. The van der Waals surface area contributed by atoms with Crippen molar-refractivity contribution in [2.24, 2.45) is 10.9 Å². The number of hydrazine groups is 1. The van der Waals surface area contributed by atoms with E-state index in [4.69, 9.17) is 0 Å². The Hall–Kier alpha value is -2.95. The number of rotatable bonds is 10. The smallest absolute Gasteiger partial charge is 0.390 e. The van der Waals surface area contributed by atoms with Crippen molar-refractivity contribution in [3.05, 3.63) is 76.5 Å². The van der Waals surface area contributed by atoms with Crippen LogP contribution in [-0.4, -0.2) is 96.5 Å². The number of hydrogen-bond acceptors (Lipinski definition) is 8. The van der Waals surface area contributed by atoms with Crippen molar-refractivity contribution in [3.8, 4) is 6.07 Å². The molecule has 12 heteroatoms. The van der Waals surface area contributed by atoms with Crippen LogP contribution in [0.4, 0.5) is 17.6 Å². The zero-order valence-corrected chi connectivity index (χ0v) is 27.2. The Morgan fingerprint density at radius 1 is 1.00 bits per heavy atom. The van der Waals surface area contributed by atoms with Gasteiger partial charge in [0.25, 0.3) is 0 Å². The van der Waals surface area contributed by atoms with Gasteiger partial charge in [-0.25, -0.2) is 9.82 Å². The standard InChI is InChI=1S/C35H42F4N6OS/c36-28-9-14-43(15-10-28)16-17-47-33-19-27(4-5-31(33)35(37,38)39)34-30-21-41-11-6-32(30)45(42-34)23-29(46)22-44-12-7-25(8-13-44)26-3-1-2-24(18-26)20-40/h1-6,11,18-19,25,28-30,34,42,46H,7-10,12-17,21-23H2/t29-,30?,34?/m0/s1. The average Bonchev–Trinajstić information content (AvgIpc) is 3.43. The molecule has 7 nitrogen and oxygen atoms in total. The van der Waals surface area contributed by atoms with Gasteiger partial charge >= 0.3 is 6.18 Å². The molecule has 0 amide bonds. The van der Waals surface area contributed by atoms with Crippen LogP contribution in [0.3, 0.4) is 0 Å². The van der Waals surface area contributed by atoms with E-state index in [-0.39, 0.29) is 16.9 Å². The van der Waals surface area contributed by atoms with Gasteiger partial charge in [-0.3, -0.25) is 4.99 Å². The number of nitrogens with zero attached hydrogens (tertiary/aromatic N) is 5. The fourth-order valence-corrected chi connectivity index (χ4v) is 8.39. The van der Waals surface area contributed by atoms with E-state index in [2.05, 4.69) is 32.4 Å². The van der Waals surface area contributed by atoms with Crippen LogP contribution in [0, 0.1) is 17.2 Å². The molecule has 0 bridgehead atoms. The number of fused-ring (bicyclic) bond motifs is 1. The lowest BCUT2D eigenvalue weighted by Gasteiger charge is -2.34. The Morgan fingerprint density at radius 2 is 1.77 bits per heavy atom. The number of aliphatic imine (C=N–C) groups is 1. The molecule has 4 aliphatic heterocycles. The number of aliphatic hydroxyl groups excluding tert-OH is 1. The van der Waals surface area contributed by atoms with E-state index in [1.54, 1.807) is 18.3 Å². The molecule has 2 aromatic rings. The summed E-state index contributed by atoms with van der Waals surface area (Å²) in [5.74, 6) is 0.817. The summed E-state index contributed by atoms with van der Waals surface area (Å²) in [4.78, 5) is 9.05. The summed E-state index contributed by atoms with van der Waals surface area (Å²) < 4.78 is 55.6. The number of likely N-dealkylation sites (tertiary alicyclic amines) is 2. The molecule has 3 fully saturated rings. The molecule has 2 unspecified atom stereocenters. The highest BCUT2D eigenvalue weighted by Gasteiger charge is 2.40. The van der Waals surface area contributed by atoms with Crippen LogP contribution < -0.4 is 5.43 Å². The molecule has 0 radical (unpaired) electrons. The molecule has 47 heavy (non-hydrogen) atoms. The maximum Gasteiger partial charge on any atom is 0.417 e. The summed E-state index contributed by atoms with van der Waals surface area (Å²) in [6, 6.07) is 14.1. The second-order valence-corrected chi connectivity index (χ2v) is 14.2. The maximum absolute atomic E-state index is 14.0. The first-order valence-corrected chi connectivity index (χ1v) is 17.5. The minimum absolute atomic E-state index is 0.0660. The monoisotopic (exact) mass is 670 g/mol. The van der Waals surface area contributed by atoms with Crippen LogP contribution in [0.25, 0.3) is 0 Å². The summed E-state index contributed by atoms with van der Waals surface area (Å²) in [6.45, 7) is 4.95. The van der Waals surface area contributed by atoms with Crippen LogP contribution in [0.5, 0.6) is 0 Å². The van der Waals surface area contributed by atoms with Gasteiger partial charge in [-0.2, -0.15) is 18.4 Å². The summed E-state index contributed by atoms with van der Waals surface area (Å²) in [7, 11) is 0. The van der Waals surface area contributed by atoms with Crippen LogP contribution in [-0.2, 0) is 6.18 Å². The number of β-amino-alcohol motifs (C(OH)–C–C–N with tert-alkyl or cyclic N) is 1. The average molecular weight is 671 g/mol. The van der Waals surface area contributed by atoms with Crippen molar-refractivity contribution >= 4 is 18.0 Å². The van der Waals surface area contributed by atoms with Gasteiger partial charge in [-0.15, -0.1) is 11.8 Å². The van der Waals surface area contributed by atoms with Gasteiger partial charge < -0.3 is 19.9 Å². The van der Waals surface area contributed by atoms with Crippen LogP contribution in [0.15, 0.2) is 64.1 Å². The van der Waals surface area contributed by atoms with Crippen LogP contribution in [0.1, 0.15) is 59.9 Å². The fraction of sp³-hybridized carbons (Fsp3) is 0.543. The topological polar surface area (TPSA) is 78.1 Å². The predicted molar refractivity (Wildman–Crippen MR) is 176 cm³/mol. The number of halogens is 4. The molecular weight excluding hydrogens is 628 g/mol. The van der Waals surface area contributed by atoms with Crippen molar-refractivity contribution in [2.45, 2.75) is 61.0 Å². The molecule has 0 saturated carbocycles. The number of allylic oxidation sites excluding steroid dienone is 1. The summed E-state index contributed by atoms with van der Waals surface area (Å²) in [6.07, 6.45) is 0.653. The van der Waals surface area contributed by atoms with Gasteiger partial charge in [0.05, 0.1) is 35.9 Å². The quantitative estimate of drug-likeness (QED) is 0.245. The molecule has 6 rings (SSSR count). The lowest BCUT2D eigenvalue weighted by atomic mass is 9.88. The summed E-state index contributed by atoms with van der Waals surface area (Å²) in [5.41, 5.74) is 6.46. The van der Waals surface area contributed by atoms with E-state index >= 15 is 0 Å². The molecule has 4 heterocycles. The van der Waals surface area contributed by atoms with Gasteiger partial charge in [-0.05, 0) is 86.2 Å². The van der Waals surface area contributed by atoms with Crippen LogP contribution >= 0.6 is 11.8 Å². The fourth-order valence-electron chi connectivity index (χ4n) is 7.26. The van der Waals surface area contributed by atoms with Gasteiger partial charge in [0.1, 0.15) is 6.17 Å². The zero-order chi connectivity index (χ0) is 33.0. The zero-order valence-electron chi connectivity index (χ0n) is 26.4. The number of aliphatic hydroxyl groups is 1. The SMILES string of the molecule is N#Cc1cccc(C2CCN(C[C@H](O)CN3NC(c4ccc(C(F)(F)F)c(SCCN5CCC(F)CC5)c4)C4CN=CC=C43)CC2)c1. The van der Waals surface area contributed by atoms with Crippen LogP contribution in [0.2, 0.25) is 0 Å². The second kappa shape index (κ2) is 15.1. The first kappa shape index (κ1) is 33.9. The molecule has 4 aliphatic rings. The maximum atomic E-state index is 14.0. The number of piperidine rings is 2. The number of nitrogens with one attached hydrogen (secondary N) is 1. The Labute approximate surface area is 278 Å². The minimum Gasteiger partial charge on any atom is -0.390 e. The largest absolute Gasteiger partial charge is 0.417 e. The molecule has 0 aliphatic carbocycles. The van der Waals surface area contributed by atoms with E-state index < -0.39 is 24.0 Å². The Kier molecular flexibility index (Phi) is 10.9. The molecule has 3 saturated heterocycles. The third-order valence-electron chi connectivity index (χ3n) is 9.83. The van der Waals surface area contributed by atoms with Crippen molar-refractivity contribution < 1.29 is 22.7 Å². The van der Waals surface area contributed by atoms with E-state index in [0.29, 0.717) is 69.3 Å². The Balaban J connectivity index is 1.08. The van der Waals surface area contributed by atoms with E-state index in [0.717, 1.165) is 37.2 Å². The number of alkyl halides is 4. The molecule has 252 valence electrons. The molecule has 2 N–H and O–H groups in total. The third-order valence-corrected chi connectivity index (χ3v) is 10.9. The summed E-state index contributed by atoms with van der Waals surface area (Å²) in [5, 5.41) is 22.4. The van der Waals surface area contributed by atoms with Gasteiger partial charge in [0.15, 0.2) is 0 Å². The minimum atomic E-state index is -4.47. The first-order chi connectivity index (χ1) is 22.7. The van der Waals surface area contributed by atoms with E-state index in [1.807, 2.05) is 29.3 Å². The molecule has 0 spiro atoms. The highest BCUT2D eigenvalue weighted by Crippen LogP contribution is 2.42. The lowest BCUT2D eigenvalue weighted by Crippen LogP contribution is -2.44. The lowest BCUT2D eigenvalue weighted by molar-refractivity contribution is -0.139. The van der Waals surface area contributed by atoms with E-state index in [1.165, 1.54) is 23.4 Å². The number of hydrogen-bond donors (Lipinski definition) is 2. The van der Waals surface area contributed by atoms with E-state index in [9.17, 15) is 27.9 Å². The highest BCUT2D eigenvalue weighted by molar-refractivity contribution is 7.99. The number of nitriles is 1. The van der Waals surface area contributed by atoms with Crippen molar-refractivity contribution in [2.75, 3.05) is 58.1 Å². The first-order valence-electron chi connectivity index (χ1n) is 16.5. The normalized spacial score (nSPS) is 23.8. The third kappa shape index (κ3) is 8.38. The number of dihydropyridines is 1. The molecule has 0 aromatic heterocycles. The number of thioether (sulfide) groups is 1. The van der Waals surface area contributed by atoms with Gasteiger partial charge in [0.2, 0.25) is 0 Å².